The predicted molar refractivity (Wildman–Crippen MR) is 88.3 cm³/mol. The SMILES string of the molecule is CSC1(CN2CCCNC(C)(c3ccccc3)C2)CC1. The molecule has 0 amide bonds. The van der Waals surface area contributed by atoms with Crippen LogP contribution < -0.4 is 5.32 Å². The van der Waals surface area contributed by atoms with Gasteiger partial charge in [0.15, 0.2) is 0 Å². The Balaban J connectivity index is 1.75. The first-order valence-corrected chi connectivity index (χ1v) is 8.96. The van der Waals surface area contributed by atoms with E-state index in [4.69, 9.17) is 0 Å². The molecule has 1 aromatic rings. The molecule has 20 heavy (non-hydrogen) atoms. The molecule has 1 aliphatic carbocycles. The molecule has 0 bridgehead atoms. The van der Waals surface area contributed by atoms with E-state index >= 15 is 0 Å². The summed E-state index contributed by atoms with van der Waals surface area (Å²) < 4.78 is 0.571. The molecular weight excluding hydrogens is 264 g/mol. The molecule has 0 radical (unpaired) electrons. The number of benzene rings is 1. The van der Waals surface area contributed by atoms with Crippen molar-refractivity contribution < 1.29 is 0 Å². The average Bonchev–Trinajstić information content (AvgIpc) is 3.26. The van der Waals surface area contributed by atoms with Crippen molar-refractivity contribution in [3.05, 3.63) is 35.9 Å². The van der Waals surface area contributed by atoms with Crippen LogP contribution in [-0.4, -0.2) is 42.1 Å². The maximum absolute atomic E-state index is 3.78. The highest BCUT2D eigenvalue weighted by Crippen LogP contribution is 2.48. The van der Waals surface area contributed by atoms with Crippen molar-refractivity contribution in [2.24, 2.45) is 0 Å². The van der Waals surface area contributed by atoms with Crippen LogP contribution in [0.15, 0.2) is 30.3 Å². The van der Waals surface area contributed by atoms with Gasteiger partial charge in [-0.25, -0.2) is 0 Å². The molecule has 3 rings (SSSR count). The van der Waals surface area contributed by atoms with Gasteiger partial charge >= 0.3 is 0 Å². The molecule has 1 saturated heterocycles. The van der Waals surface area contributed by atoms with Crippen molar-refractivity contribution >= 4 is 11.8 Å². The van der Waals surface area contributed by atoms with E-state index in [2.05, 4.69) is 65.5 Å². The summed E-state index contributed by atoms with van der Waals surface area (Å²) in [6.45, 7) is 7.10. The number of hydrogen-bond acceptors (Lipinski definition) is 3. The van der Waals surface area contributed by atoms with Crippen LogP contribution >= 0.6 is 11.8 Å². The van der Waals surface area contributed by atoms with Crippen molar-refractivity contribution in [3.8, 4) is 0 Å². The van der Waals surface area contributed by atoms with Gasteiger partial charge in [0.05, 0.1) is 5.54 Å². The van der Waals surface area contributed by atoms with Gasteiger partial charge in [0.2, 0.25) is 0 Å². The number of nitrogens with one attached hydrogen (secondary N) is 1. The second-order valence-electron chi connectivity index (χ2n) is 6.58. The minimum Gasteiger partial charge on any atom is -0.307 e. The molecule has 0 aromatic heterocycles. The van der Waals surface area contributed by atoms with Crippen LogP contribution in [0.4, 0.5) is 0 Å². The Labute approximate surface area is 127 Å². The molecule has 1 saturated carbocycles. The van der Waals surface area contributed by atoms with Crippen molar-refractivity contribution in [2.45, 2.75) is 36.5 Å². The summed E-state index contributed by atoms with van der Waals surface area (Å²) in [7, 11) is 0. The third-order valence-electron chi connectivity index (χ3n) is 4.87. The summed E-state index contributed by atoms with van der Waals surface area (Å²) in [6.07, 6.45) is 6.34. The lowest BCUT2D eigenvalue weighted by atomic mass is 9.91. The van der Waals surface area contributed by atoms with Gasteiger partial charge < -0.3 is 5.32 Å². The van der Waals surface area contributed by atoms with E-state index in [1.54, 1.807) is 0 Å². The molecule has 2 aliphatic rings. The fourth-order valence-electron chi connectivity index (χ4n) is 3.36. The number of thioether (sulfide) groups is 1. The summed E-state index contributed by atoms with van der Waals surface area (Å²) in [5.74, 6) is 0. The molecule has 1 N–H and O–H groups in total. The third kappa shape index (κ3) is 3.05. The topological polar surface area (TPSA) is 15.3 Å². The summed E-state index contributed by atoms with van der Waals surface area (Å²) in [4.78, 5) is 2.69. The normalized spacial score (nSPS) is 29.9. The molecule has 1 aromatic carbocycles. The van der Waals surface area contributed by atoms with Crippen LogP contribution in [0.1, 0.15) is 31.7 Å². The summed E-state index contributed by atoms with van der Waals surface area (Å²) in [5, 5.41) is 3.78. The van der Waals surface area contributed by atoms with E-state index in [9.17, 15) is 0 Å². The zero-order valence-corrected chi connectivity index (χ0v) is 13.5. The first-order chi connectivity index (χ1) is 9.66. The lowest BCUT2D eigenvalue weighted by molar-refractivity contribution is 0.218. The molecular formula is C17H26N2S. The molecule has 3 heteroatoms. The maximum atomic E-state index is 3.78. The molecule has 2 nitrogen and oxygen atoms in total. The standard InChI is InChI=1S/C17H26N2S/c1-16(15-7-4-3-5-8-15)13-19(12-6-11-18-16)14-17(20-2)9-10-17/h3-5,7-8,18H,6,9-14H2,1-2H3. The lowest BCUT2D eigenvalue weighted by Crippen LogP contribution is -2.47. The number of nitrogens with zero attached hydrogens (tertiary/aromatic N) is 1. The molecule has 1 aliphatic heterocycles. The minimum atomic E-state index is 0.0895. The van der Waals surface area contributed by atoms with Crippen LogP contribution in [0, 0.1) is 0 Å². The molecule has 1 atom stereocenters. The molecule has 1 heterocycles. The van der Waals surface area contributed by atoms with E-state index < -0.39 is 0 Å². The maximum Gasteiger partial charge on any atom is 0.0534 e. The molecule has 110 valence electrons. The largest absolute Gasteiger partial charge is 0.307 e. The molecule has 0 spiro atoms. The van der Waals surface area contributed by atoms with E-state index in [-0.39, 0.29) is 5.54 Å². The van der Waals surface area contributed by atoms with E-state index in [0.717, 1.165) is 13.1 Å². The zero-order valence-electron chi connectivity index (χ0n) is 12.7. The number of hydrogen-bond donors (Lipinski definition) is 1. The van der Waals surface area contributed by atoms with Gasteiger partial charge in [-0.05, 0) is 51.1 Å². The van der Waals surface area contributed by atoms with Gasteiger partial charge in [-0.2, -0.15) is 11.8 Å². The summed E-state index contributed by atoms with van der Waals surface area (Å²) in [6, 6.07) is 10.9. The van der Waals surface area contributed by atoms with E-state index in [0.29, 0.717) is 4.75 Å². The number of rotatable bonds is 4. The fraction of sp³-hybridized carbons (Fsp3) is 0.647. The highest BCUT2D eigenvalue weighted by molar-refractivity contribution is 8.00. The van der Waals surface area contributed by atoms with Gasteiger partial charge in [-0.15, -0.1) is 0 Å². The second kappa shape index (κ2) is 5.70. The van der Waals surface area contributed by atoms with Gasteiger partial charge in [0, 0.05) is 17.8 Å². The quantitative estimate of drug-likeness (QED) is 0.917. The summed E-state index contributed by atoms with van der Waals surface area (Å²) >= 11 is 2.07. The Kier molecular flexibility index (Phi) is 4.11. The Morgan fingerprint density at radius 2 is 2.00 bits per heavy atom. The van der Waals surface area contributed by atoms with Gasteiger partial charge in [-0.3, -0.25) is 4.90 Å². The Morgan fingerprint density at radius 1 is 1.25 bits per heavy atom. The minimum absolute atomic E-state index is 0.0895. The first kappa shape index (κ1) is 14.4. The summed E-state index contributed by atoms with van der Waals surface area (Å²) in [5.41, 5.74) is 1.51. The second-order valence-corrected chi connectivity index (χ2v) is 7.85. The van der Waals surface area contributed by atoms with Crippen molar-refractivity contribution in [2.75, 3.05) is 32.4 Å². The van der Waals surface area contributed by atoms with Crippen molar-refractivity contribution in [1.82, 2.24) is 10.2 Å². The predicted octanol–water partition coefficient (Wildman–Crippen LogP) is 3.09. The first-order valence-electron chi connectivity index (χ1n) is 7.74. The Bertz CT molecular complexity index is 444. The molecule has 2 fully saturated rings. The van der Waals surface area contributed by atoms with Crippen molar-refractivity contribution in [3.63, 3.8) is 0 Å². The molecule has 1 unspecified atom stereocenters. The van der Waals surface area contributed by atoms with Crippen LogP contribution in [0.25, 0.3) is 0 Å². The Morgan fingerprint density at radius 3 is 2.65 bits per heavy atom. The zero-order chi connectivity index (χ0) is 14.1. The van der Waals surface area contributed by atoms with Gasteiger partial charge in [0.1, 0.15) is 0 Å². The van der Waals surface area contributed by atoms with Crippen LogP contribution in [0.3, 0.4) is 0 Å². The van der Waals surface area contributed by atoms with Crippen molar-refractivity contribution in [1.29, 1.82) is 0 Å². The lowest BCUT2D eigenvalue weighted by Gasteiger charge is -2.35. The van der Waals surface area contributed by atoms with Crippen LogP contribution in [0.5, 0.6) is 0 Å². The van der Waals surface area contributed by atoms with Gasteiger partial charge in [-0.1, -0.05) is 30.3 Å². The van der Waals surface area contributed by atoms with Crippen LogP contribution in [-0.2, 0) is 5.54 Å². The highest BCUT2D eigenvalue weighted by atomic mass is 32.2. The Hall–Kier alpha value is -0.510. The average molecular weight is 290 g/mol. The van der Waals surface area contributed by atoms with Crippen LogP contribution in [0.2, 0.25) is 0 Å². The monoisotopic (exact) mass is 290 g/mol. The highest BCUT2D eigenvalue weighted by Gasteiger charge is 2.44. The fourth-order valence-corrected chi connectivity index (χ4v) is 4.18. The third-order valence-corrected chi connectivity index (χ3v) is 6.27. The van der Waals surface area contributed by atoms with E-state index in [1.165, 1.54) is 37.9 Å². The van der Waals surface area contributed by atoms with Gasteiger partial charge in [0.25, 0.3) is 0 Å². The smallest absolute Gasteiger partial charge is 0.0534 e. The van der Waals surface area contributed by atoms with E-state index in [1.807, 2.05) is 0 Å².